The van der Waals surface area contributed by atoms with Gasteiger partial charge < -0.3 is 19.5 Å². The van der Waals surface area contributed by atoms with E-state index >= 15 is 0 Å². The Morgan fingerprint density at radius 2 is 1.80 bits per heavy atom. The van der Waals surface area contributed by atoms with E-state index in [0.29, 0.717) is 12.8 Å². The molecule has 1 atom stereocenters. The summed E-state index contributed by atoms with van der Waals surface area (Å²) in [6.07, 6.45) is -0.0416. The Labute approximate surface area is 178 Å². The van der Waals surface area contributed by atoms with Crippen molar-refractivity contribution in [3.8, 4) is 0 Å². The number of ketones is 1. The van der Waals surface area contributed by atoms with E-state index in [1.54, 1.807) is 20.8 Å². The van der Waals surface area contributed by atoms with E-state index in [1.807, 2.05) is 37.3 Å². The largest absolute Gasteiger partial charge is 0.445 e. The topological polar surface area (TPSA) is 94.2 Å². The second kappa shape index (κ2) is 12.8. The maximum atomic E-state index is 12.8. The predicted octanol–water partition coefficient (Wildman–Crippen LogP) is 3.53. The third-order valence-electron chi connectivity index (χ3n) is 4.06. The van der Waals surface area contributed by atoms with Gasteiger partial charge in [0.05, 0.1) is 6.04 Å². The number of alkyl carbamates (subject to hydrolysis) is 1. The summed E-state index contributed by atoms with van der Waals surface area (Å²) in [5.74, 6) is -0.215. The molecule has 8 heteroatoms. The highest BCUT2D eigenvalue weighted by molar-refractivity contribution is 5.88. The van der Waals surface area contributed by atoms with Gasteiger partial charge in [0.15, 0.2) is 5.78 Å². The van der Waals surface area contributed by atoms with Crippen molar-refractivity contribution >= 4 is 18.0 Å². The Kier molecular flexibility index (Phi) is 10.9. The van der Waals surface area contributed by atoms with Crippen LogP contribution in [0.2, 0.25) is 0 Å². The summed E-state index contributed by atoms with van der Waals surface area (Å²) in [5, 5.41) is 2.61. The molecule has 0 aliphatic carbocycles. The van der Waals surface area contributed by atoms with Gasteiger partial charge in [-0.1, -0.05) is 43.7 Å². The van der Waals surface area contributed by atoms with Gasteiger partial charge in [0.1, 0.15) is 18.8 Å². The molecule has 0 saturated carbocycles. The van der Waals surface area contributed by atoms with Gasteiger partial charge in [0.2, 0.25) is 0 Å². The first kappa shape index (κ1) is 25.4. The number of methoxy groups -OCH3 is 1. The van der Waals surface area contributed by atoms with E-state index in [4.69, 9.17) is 14.2 Å². The lowest BCUT2D eigenvalue weighted by molar-refractivity contribution is -0.127. The summed E-state index contributed by atoms with van der Waals surface area (Å²) in [6, 6.07) is 8.59. The molecule has 1 aromatic rings. The van der Waals surface area contributed by atoms with Crippen LogP contribution in [0, 0.1) is 0 Å². The van der Waals surface area contributed by atoms with Crippen molar-refractivity contribution in [2.24, 2.45) is 0 Å². The van der Waals surface area contributed by atoms with Crippen molar-refractivity contribution < 1.29 is 28.6 Å². The average molecular weight is 423 g/mol. The molecule has 30 heavy (non-hydrogen) atoms. The summed E-state index contributed by atoms with van der Waals surface area (Å²) in [5.41, 5.74) is 0.213. The maximum Gasteiger partial charge on any atom is 0.410 e. The van der Waals surface area contributed by atoms with E-state index in [0.717, 1.165) is 5.56 Å². The first-order chi connectivity index (χ1) is 14.2. The number of nitrogens with one attached hydrogen (secondary N) is 1. The van der Waals surface area contributed by atoms with Crippen LogP contribution in [0.5, 0.6) is 0 Å². The number of hydrogen-bond donors (Lipinski definition) is 1. The highest BCUT2D eigenvalue weighted by atomic mass is 16.6. The van der Waals surface area contributed by atoms with Crippen LogP contribution in [0.25, 0.3) is 0 Å². The first-order valence-electron chi connectivity index (χ1n) is 10.1. The third-order valence-corrected chi connectivity index (χ3v) is 4.06. The molecule has 0 fully saturated rings. The molecule has 0 aliphatic heterocycles. The Bertz CT molecular complexity index is 672. The molecule has 0 bridgehead atoms. The maximum absolute atomic E-state index is 12.8. The summed E-state index contributed by atoms with van der Waals surface area (Å²) < 4.78 is 15.6. The molecule has 2 amide bonds. The number of hydrogen-bond acceptors (Lipinski definition) is 6. The van der Waals surface area contributed by atoms with Crippen molar-refractivity contribution in [3.63, 3.8) is 0 Å². The molecule has 0 radical (unpaired) electrons. The van der Waals surface area contributed by atoms with Gasteiger partial charge in [-0.25, -0.2) is 9.59 Å². The molecule has 1 N–H and O–H groups in total. The van der Waals surface area contributed by atoms with E-state index in [2.05, 4.69) is 5.32 Å². The van der Waals surface area contributed by atoms with Crippen LogP contribution < -0.4 is 5.32 Å². The number of carbonyl (C=O) groups excluding carboxylic acids is 3. The Morgan fingerprint density at radius 3 is 2.37 bits per heavy atom. The number of nitrogens with zero attached hydrogens (tertiary/aromatic N) is 1. The number of rotatable bonds is 11. The fourth-order valence-corrected chi connectivity index (χ4v) is 2.77. The molecule has 0 heterocycles. The normalized spacial score (nSPS) is 12.0. The summed E-state index contributed by atoms with van der Waals surface area (Å²) in [7, 11) is 1.43. The molecular weight excluding hydrogens is 388 g/mol. The minimum Gasteiger partial charge on any atom is -0.445 e. The molecule has 1 rings (SSSR count). The van der Waals surface area contributed by atoms with Gasteiger partial charge >= 0.3 is 12.2 Å². The minimum atomic E-state index is -0.696. The molecule has 0 saturated heterocycles. The lowest BCUT2D eigenvalue weighted by Crippen LogP contribution is -2.49. The van der Waals surface area contributed by atoms with E-state index in [1.165, 1.54) is 12.0 Å². The van der Waals surface area contributed by atoms with Crippen LogP contribution in [-0.4, -0.2) is 61.3 Å². The van der Waals surface area contributed by atoms with Crippen LogP contribution in [0.3, 0.4) is 0 Å². The van der Waals surface area contributed by atoms with Gasteiger partial charge in [0.25, 0.3) is 0 Å². The van der Waals surface area contributed by atoms with Crippen LogP contribution in [-0.2, 0) is 25.6 Å². The summed E-state index contributed by atoms with van der Waals surface area (Å²) in [6.45, 7) is 7.43. The number of carbonyl (C=O) groups is 3. The predicted molar refractivity (Wildman–Crippen MR) is 113 cm³/mol. The molecule has 0 aliphatic rings. The molecule has 0 aromatic heterocycles. The van der Waals surface area contributed by atoms with Crippen LogP contribution in [0.15, 0.2) is 30.3 Å². The highest BCUT2D eigenvalue weighted by Gasteiger charge is 2.30. The van der Waals surface area contributed by atoms with E-state index < -0.39 is 23.8 Å². The second-order valence-corrected chi connectivity index (χ2v) is 7.87. The number of amides is 2. The zero-order valence-electron chi connectivity index (χ0n) is 18.6. The molecule has 1 aromatic carbocycles. The van der Waals surface area contributed by atoms with Gasteiger partial charge in [-0.3, -0.25) is 9.69 Å². The average Bonchev–Trinajstić information content (AvgIpc) is 2.67. The van der Waals surface area contributed by atoms with E-state index in [9.17, 15) is 14.4 Å². The molecule has 0 spiro atoms. The molecule has 168 valence electrons. The van der Waals surface area contributed by atoms with Crippen LogP contribution >= 0.6 is 0 Å². The zero-order chi connectivity index (χ0) is 22.6. The fourth-order valence-electron chi connectivity index (χ4n) is 2.77. The Hall–Kier alpha value is -2.61. The Balaban J connectivity index is 2.83. The lowest BCUT2D eigenvalue weighted by atomic mass is 10.1. The van der Waals surface area contributed by atoms with Crippen LogP contribution in [0.4, 0.5) is 9.59 Å². The van der Waals surface area contributed by atoms with Crippen molar-refractivity contribution in [2.45, 2.75) is 58.8 Å². The van der Waals surface area contributed by atoms with Crippen molar-refractivity contribution in [2.75, 3.05) is 26.8 Å². The smallest absolute Gasteiger partial charge is 0.410 e. The summed E-state index contributed by atoms with van der Waals surface area (Å²) >= 11 is 0. The van der Waals surface area contributed by atoms with Crippen molar-refractivity contribution in [3.05, 3.63) is 35.9 Å². The first-order valence-corrected chi connectivity index (χ1v) is 10.1. The quantitative estimate of drug-likeness (QED) is 0.586. The van der Waals surface area contributed by atoms with Crippen molar-refractivity contribution in [1.82, 2.24) is 10.2 Å². The van der Waals surface area contributed by atoms with Gasteiger partial charge in [0, 0.05) is 20.2 Å². The number of benzene rings is 1. The minimum absolute atomic E-state index is 0.0903. The number of Topliss-reactive ketones (excluding diaryl/α,β-unsaturated/α-hetero) is 1. The van der Waals surface area contributed by atoms with Crippen molar-refractivity contribution in [1.29, 1.82) is 0 Å². The third kappa shape index (κ3) is 9.73. The summed E-state index contributed by atoms with van der Waals surface area (Å²) in [4.78, 5) is 38.6. The SMILES string of the molecule is CCCC(C(=O)COC)N(CCNC(=O)OC(C)(C)C)C(=O)OCc1ccccc1. The number of ether oxygens (including phenoxy) is 3. The second-order valence-electron chi connectivity index (χ2n) is 7.87. The lowest BCUT2D eigenvalue weighted by Gasteiger charge is -2.30. The standard InChI is InChI=1S/C22H34N2O6/c1-6-10-18(19(25)16-28-5)24(14-13-23-20(26)30-22(2,3)4)21(27)29-15-17-11-8-7-9-12-17/h7-9,11-12,18H,6,10,13-16H2,1-5H3,(H,23,26). The van der Waals surface area contributed by atoms with Gasteiger partial charge in [-0.2, -0.15) is 0 Å². The molecule has 8 nitrogen and oxygen atoms in total. The molecular formula is C22H34N2O6. The zero-order valence-corrected chi connectivity index (χ0v) is 18.6. The van der Waals surface area contributed by atoms with Crippen LogP contribution in [0.1, 0.15) is 46.1 Å². The van der Waals surface area contributed by atoms with Gasteiger partial charge in [-0.05, 0) is 32.8 Å². The monoisotopic (exact) mass is 422 g/mol. The Morgan fingerprint density at radius 1 is 1.13 bits per heavy atom. The van der Waals surface area contributed by atoms with E-state index in [-0.39, 0.29) is 32.1 Å². The fraction of sp³-hybridized carbons (Fsp3) is 0.591. The van der Waals surface area contributed by atoms with Gasteiger partial charge in [-0.15, -0.1) is 0 Å². The highest BCUT2D eigenvalue weighted by Crippen LogP contribution is 2.13. The molecule has 1 unspecified atom stereocenters.